The van der Waals surface area contributed by atoms with E-state index in [0.717, 1.165) is 5.56 Å². The molecule has 1 rings (SSSR count). The quantitative estimate of drug-likeness (QED) is 0.867. The molecule has 3 N–H and O–H groups in total. The zero-order chi connectivity index (χ0) is 10.6. The van der Waals surface area contributed by atoms with E-state index >= 15 is 0 Å². The number of hydrogen-bond donors (Lipinski definition) is 2. The van der Waals surface area contributed by atoms with Crippen LogP contribution in [-0.4, -0.2) is 11.7 Å². The lowest BCUT2D eigenvalue weighted by molar-refractivity contribution is 0.280. The Hall–Kier alpha value is -0.350. The second-order valence-electron chi connectivity index (χ2n) is 3.14. The zero-order valence-corrected chi connectivity index (χ0v) is 9.69. The minimum Gasteiger partial charge on any atom is -0.396 e. The number of rotatable bonds is 4. The molecule has 0 bridgehead atoms. The molecule has 0 heterocycles. The van der Waals surface area contributed by atoms with Gasteiger partial charge < -0.3 is 10.8 Å². The van der Waals surface area contributed by atoms with Crippen molar-refractivity contribution >= 4 is 24.0 Å². The van der Waals surface area contributed by atoms with Gasteiger partial charge in [-0.3, -0.25) is 0 Å². The molecule has 0 saturated heterocycles. The number of nitrogens with two attached hydrogens (primary N) is 1. The molecule has 1 atom stereocenters. The van der Waals surface area contributed by atoms with Gasteiger partial charge in [0.2, 0.25) is 0 Å². The van der Waals surface area contributed by atoms with Gasteiger partial charge in [-0.1, -0.05) is 17.7 Å². The molecule has 2 nitrogen and oxygen atoms in total. The van der Waals surface area contributed by atoms with E-state index in [0.29, 0.717) is 17.9 Å². The van der Waals surface area contributed by atoms with E-state index in [-0.39, 0.29) is 30.9 Å². The van der Waals surface area contributed by atoms with Gasteiger partial charge in [0.1, 0.15) is 5.82 Å². The van der Waals surface area contributed by atoms with Crippen molar-refractivity contribution in [1.82, 2.24) is 0 Å². The number of aliphatic hydroxyl groups excluding tert-OH is 1. The topological polar surface area (TPSA) is 46.2 Å². The first kappa shape index (κ1) is 14.6. The first-order valence-corrected chi connectivity index (χ1v) is 4.84. The zero-order valence-electron chi connectivity index (χ0n) is 8.12. The van der Waals surface area contributed by atoms with Gasteiger partial charge in [-0.2, -0.15) is 0 Å². The molecule has 0 radical (unpaired) electrons. The normalized spacial score (nSPS) is 12.0. The molecule has 0 aromatic heterocycles. The molecule has 0 aliphatic rings. The molecule has 0 aliphatic heterocycles. The van der Waals surface area contributed by atoms with E-state index in [4.69, 9.17) is 22.4 Å². The minimum atomic E-state index is -0.367. The van der Waals surface area contributed by atoms with Gasteiger partial charge in [0.05, 0.1) is 0 Å². The van der Waals surface area contributed by atoms with Gasteiger partial charge in [-0.05, 0) is 30.5 Å². The molecule has 0 amide bonds. The van der Waals surface area contributed by atoms with Gasteiger partial charge >= 0.3 is 0 Å². The Morgan fingerprint density at radius 3 is 2.67 bits per heavy atom. The van der Waals surface area contributed by atoms with Crippen LogP contribution in [0.25, 0.3) is 0 Å². The second kappa shape index (κ2) is 7.01. The maximum absolute atomic E-state index is 12.7. The van der Waals surface area contributed by atoms with E-state index in [2.05, 4.69) is 0 Å². The lowest BCUT2D eigenvalue weighted by Crippen LogP contribution is -2.11. The smallest absolute Gasteiger partial charge is 0.124 e. The van der Waals surface area contributed by atoms with Gasteiger partial charge in [-0.25, -0.2) is 4.39 Å². The van der Waals surface area contributed by atoms with Crippen LogP contribution >= 0.6 is 24.0 Å². The summed E-state index contributed by atoms with van der Waals surface area (Å²) in [5.41, 5.74) is 6.54. The summed E-state index contributed by atoms with van der Waals surface area (Å²) in [6, 6.07) is 3.92. The minimum absolute atomic E-state index is 0. The maximum atomic E-state index is 12.7. The first-order valence-electron chi connectivity index (χ1n) is 4.46. The summed E-state index contributed by atoms with van der Waals surface area (Å²) in [7, 11) is 0. The Labute approximate surface area is 99.6 Å². The molecular formula is C10H14Cl2FNO. The maximum Gasteiger partial charge on any atom is 0.124 e. The van der Waals surface area contributed by atoms with E-state index in [1.807, 2.05) is 0 Å². The molecule has 0 unspecified atom stereocenters. The molecule has 0 aliphatic carbocycles. The molecule has 86 valence electrons. The summed E-state index contributed by atoms with van der Waals surface area (Å²) in [5.74, 6) is -0.367. The summed E-state index contributed by atoms with van der Waals surface area (Å²) < 4.78 is 12.7. The molecule has 0 spiro atoms. The van der Waals surface area contributed by atoms with Crippen LogP contribution in [0.3, 0.4) is 0 Å². The van der Waals surface area contributed by atoms with E-state index in [1.54, 1.807) is 6.07 Å². The van der Waals surface area contributed by atoms with Crippen molar-refractivity contribution in [2.75, 3.05) is 6.61 Å². The van der Waals surface area contributed by atoms with Crippen LogP contribution < -0.4 is 5.73 Å². The van der Waals surface area contributed by atoms with E-state index in [9.17, 15) is 4.39 Å². The predicted octanol–water partition coefficient (Wildman–Crippen LogP) is 2.67. The van der Waals surface area contributed by atoms with Crippen molar-refractivity contribution in [3.63, 3.8) is 0 Å². The fourth-order valence-electron chi connectivity index (χ4n) is 1.27. The van der Waals surface area contributed by atoms with Crippen LogP contribution in [-0.2, 0) is 0 Å². The van der Waals surface area contributed by atoms with Gasteiger partial charge in [0, 0.05) is 17.7 Å². The predicted molar refractivity (Wildman–Crippen MR) is 61.9 cm³/mol. The summed E-state index contributed by atoms with van der Waals surface area (Å²) in [6.07, 6.45) is 1.26. The molecule has 1 aromatic carbocycles. The highest BCUT2D eigenvalue weighted by molar-refractivity contribution is 6.31. The Morgan fingerprint density at radius 1 is 1.47 bits per heavy atom. The average molecular weight is 254 g/mol. The molecular weight excluding hydrogens is 240 g/mol. The largest absolute Gasteiger partial charge is 0.396 e. The monoisotopic (exact) mass is 253 g/mol. The number of aliphatic hydroxyl groups is 1. The SMILES string of the molecule is Cl.N[C@@H](CCCO)c1ccc(F)cc1Cl. The fourth-order valence-corrected chi connectivity index (χ4v) is 1.58. The van der Waals surface area contributed by atoms with Crippen molar-refractivity contribution < 1.29 is 9.50 Å². The van der Waals surface area contributed by atoms with Gasteiger partial charge in [-0.15, -0.1) is 12.4 Å². The van der Waals surface area contributed by atoms with E-state index < -0.39 is 0 Å². The molecule has 0 saturated carbocycles. The summed E-state index contributed by atoms with van der Waals surface area (Å²) in [5, 5.41) is 8.97. The van der Waals surface area contributed by atoms with Crippen molar-refractivity contribution in [3.8, 4) is 0 Å². The molecule has 15 heavy (non-hydrogen) atoms. The van der Waals surface area contributed by atoms with Crippen LogP contribution in [0.2, 0.25) is 5.02 Å². The van der Waals surface area contributed by atoms with Crippen LogP contribution in [0, 0.1) is 5.82 Å². The number of benzene rings is 1. The first-order chi connectivity index (χ1) is 6.65. The summed E-state index contributed by atoms with van der Waals surface area (Å²) in [6.45, 7) is 0.104. The van der Waals surface area contributed by atoms with Crippen LogP contribution in [0.5, 0.6) is 0 Å². The van der Waals surface area contributed by atoms with Crippen LogP contribution in [0.1, 0.15) is 24.4 Å². The molecule has 1 aromatic rings. The van der Waals surface area contributed by atoms with Crippen molar-refractivity contribution in [1.29, 1.82) is 0 Å². The van der Waals surface area contributed by atoms with Gasteiger partial charge in [0.15, 0.2) is 0 Å². The molecule has 0 fully saturated rings. The summed E-state index contributed by atoms with van der Waals surface area (Å²) >= 11 is 5.82. The van der Waals surface area contributed by atoms with Crippen LogP contribution in [0.4, 0.5) is 4.39 Å². The third kappa shape index (κ3) is 4.34. The van der Waals surface area contributed by atoms with Gasteiger partial charge in [0.25, 0.3) is 0 Å². The lowest BCUT2D eigenvalue weighted by atomic mass is 10.0. The highest BCUT2D eigenvalue weighted by Gasteiger charge is 2.10. The van der Waals surface area contributed by atoms with Crippen molar-refractivity contribution in [2.45, 2.75) is 18.9 Å². The number of halogens is 3. The average Bonchev–Trinajstić information content (AvgIpc) is 2.14. The Bertz CT molecular complexity index is 309. The summed E-state index contributed by atoms with van der Waals surface area (Å²) in [4.78, 5) is 0. The highest BCUT2D eigenvalue weighted by atomic mass is 35.5. The highest BCUT2D eigenvalue weighted by Crippen LogP contribution is 2.24. The van der Waals surface area contributed by atoms with Crippen LogP contribution in [0.15, 0.2) is 18.2 Å². The Morgan fingerprint density at radius 2 is 2.13 bits per heavy atom. The Kier molecular flexibility index (Phi) is 6.85. The molecule has 5 heteroatoms. The lowest BCUT2D eigenvalue weighted by Gasteiger charge is -2.12. The fraction of sp³-hybridized carbons (Fsp3) is 0.400. The van der Waals surface area contributed by atoms with Crippen molar-refractivity contribution in [3.05, 3.63) is 34.6 Å². The second-order valence-corrected chi connectivity index (χ2v) is 3.55. The van der Waals surface area contributed by atoms with E-state index in [1.165, 1.54) is 12.1 Å². The van der Waals surface area contributed by atoms with Crippen molar-refractivity contribution in [2.24, 2.45) is 5.73 Å². The standard InChI is InChI=1S/C10H13ClFNO.ClH/c11-9-6-7(12)3-4-8(9)10(13)2-1-5-14;/h3-4,6,10,14H,1-2,5,13H2;1H/t10-;/m0./s1. The third-order valence-corrected chi connectivity index (χ3v) is 2.36. The Balaban J connectivity index is 0.00000196. The number of hydrogen-bond acceptors (Lipinski definition) is 2. The third-order valence-electron chi connectivity index (χ3n) is 2.04.